The highest BCUT2D eigenvalue weighted by atomic mass is 32.1. The molecule has 2 nitrogen and oxygen atoms in total. The molecule has 0 amide bonds. The van der Waals surface area contributed by atoms with Crippen molar-refractivity contribution < 1.29 is 0 Å². The minimum absolute atomic E-state index is 0.765. The smallest absolute Gasteiger partial charge is 0.169 e. The first-order valence-corrected chi connectivity index (χ1v) is 6.26. The number of likely N-dealkylation sites (tertiary alicyclic amines) is 1. The summed E-state index contributed by atoms with van der Waals surface area (Å²) in [6.07, 6.45) is 6.64. The molecule has 1 saturated heterocycles. The van der Waals surface area contributed by atoms with Crippen LogP contribution in [-0.2, 0) is 0 Å². The van der Waals surface area contributed by atoms with E-state index >= 15 is 0 Å². The molecular formula is C11H20N2S. The standard InChI is InChI=1S/C11H20N2S/c1-2-3-6-12-11(14)13-8-9-4-5-10(13)7-9/h9-10H,2-8H2,1H3,(H,12,14). The topological polar surface area (TPSA) is 15.3 Å². The van der Waals surface area contributed by atoms with Gasteiger partial charge in [0.1, 0.15) is 0 Å². The van der Waals surface area contributed by atoms with Crippen LogP contribution in [0.5, 0.6) is 0 Å². The Kier molecular flexibility index (Phi) is 3.26. The highest BCUT2D eigenvalue weighted by Gasteiger charge is 2.38. The Hall–Kier alpha value is -0.310. The molecular weight excluding hydrogens is 192 g/mol. The van der Waals surface area contributed by atoms with E-state index in [1.165, 1.54) is 38.6 Å². The Bertz CT molecular complexity index is 217. The molecule has 1 aliphatic carbocycles. The predicted octanol–water partition coefficient (Wildman–Crippen LogP) is 2.15. The van der Waals surface area contributed by atoms with Crippen LogP contribution in [0.3, 0.4) is 0 Å². The van der Waals surface area contributed by atoms with Crippen molar-refractivity contribution in [1.29, 1.82) is 0 Å². The quantitative estimate of drug-likeness (QED) is 0.570. The largest absolute Gasteiger partial charge is 0.363 e. The van der Waals surface area contributed by atoms with Gasteiger partial charge >= 0.3 is 0 Å². The lowest BCUT2D eigenvalue weighted by molar-refractivity contribution is 0.323. The van der Waals surface area contributed by atoms with E-state index in [1.807, 2.05) is 0 Å². The third-order valence-electron chi connectivity index (χ3n) is 3.48. The van der Waals surface area contributed by atoms with E-state index in [4.69, 9.17) is 12.2 Å². The molecule has 2 unspecified atom stereocenters. The molecule has 1 saturated carbocycles. The first-order valence-electron chi connectivity index (χ1n) is 5.85. The Labute approximate surface area is 92.0 Å². The van der Waals surface area contributed by atoms with E-state index in [0.29, 0.717) is 0 Å². The van der Waals surface area contributed by atoms with Gasteiger partial charge in [-0.25, -0.2) is 0 Å². The van der Waals surface area contributed by atoms with Crippen molar-refractivity contribution in [2.75, 3.05) is 13.1 Å². The maximum absolute atomic E-state index is 5.41. The number of fused-ring (bicyclic) bond motifs is 2. The maximum Gasteiger partial charge on any atom is 0.169 e. The van der Waals surface area contributed by atoms with Gasteiger partial charge in [-0.1, -0.05) is 13.3 Å². The number of rotatable bonds is 3. The minimum Gasteiger partial charge on any atom is -0.363 e. The van der Waals surface area contributed by atoms with Gasteiger partial charge in [0, 0.05) is 19.1 Å². The lowest BCUT2D eigenvalue weighted by Gasteiger charge is -2.29. The molecule has 2 bridgehead atoms. The minimum atomic E-state index is 0.765. The van der Waals surface area contributed by atoms with Crippen molar-refractivity contribution in [3.05, 3.63) is 0 Å². The predicted molar refractivity (Wildman–Crippen MR) is 63.3 cm³/mol. The summed E-state index contributed by atoms with van der Waals surface area (Å²) < 4.78 is 0. The van der Waals surface area contributed by atoms with Crippen molar-refractivity contribution >= 4 is 17.3 Å². The molecule has 1 aliphatic heterocycles. The molecule has 2 atom stereocenters. The van der Waals surface area contributed by atoms with Crippen molar-refractivity contribution in [3.8, 4) is 0 Å². The van der Waals surface area contributed by atoms with Crippen LogP contribution in [0.2, 0.25) is 0 Å². The monoisotopic (exact) mass is 212 g/mol. The molecule has 0 aromatic rings. The third kappa shape index (κ3) is 2.02. The first kappa shape index (κ1) is 10.2. The lowest BCUT2D eigenvalue weighted by Crippen LogP contribution is -2.44. The van der Waals surface area contributed by atoms with Crippen molar-refractivity contribution in [1.82, 2.24) is 10.2 Å². The number of thiocarbonyl (C=S) groups is 1. The molecule has 2 rings (SSSR count). The molecule has 14 heavy (non-hydrogen) atoms. The van der Waals surface area contributed by atoms with Crippen LogP contribution in [0.25, 0.3) is 0 Å². The second-order valence-electron chi connectivity index (χ2n) is 4.57. The van der Waals surface area contributed by atoms with Crippen molar-refractivity contribution in [2.24, 2.45) is 5.92 Å². The van der Waals surface area contributed by atoms with Gasteiger partial charge in [-0.2, -0.15) is 0 Å². The highest BCUT2D eigenvalue weighted by Crippen LogP contribution is 2.37. The Morgan fingerprint density at radius 2 is 2.36 bits per heavy atom. The number of nitrogens with zero attached hydrogens (tertiary/aromatic N) is 1. The SMILES string of the molecule is CCCCNC(=S)N1CC2CCC1C2. The van der Waals surface area contributed by atoms with Crippen LogP contribution < -0.4 is 5.32 Å². The maximum atomic E-state index is 5.41. The summed E-state index contributed by atoms with van der Waals surface area (Å²) in [5, 5.41) is 4.37. The molecule has 0 aromatic carbocycles. The Morgan fingerprint density at radius 3 is 2.93 bits per heavy atom. The van der Waals surface area contributed by atoms with Gasteiger partial charge in [0.2, 0.25) is 0 Å². The zero-order valence-electron chi connectivity index (χ0n) is 8.96. The summed E-state index contributed by atoms with van der Waals surface area (Å²) in [5.74, 6) is 0.936. The summed E-state index contributed by atoms with van der Waals surface area (Å²) in [5.41, 5.74) is 0. The average Bonchev–Trinajstić information content (AvgIpc) is 2.79. The van der Waals surface area contributed by atoms with Crippen LogP contribution >= 0.6 is 12.2 Å². The molecule has 0 aromatic heterocycles. The molecule has 2 fully saturated rings. The number of hydrogen-bond acceptors (Lipinski definition) is 1. The summed E-state index contributed by atoms with van der Waals surface area (Å²) in [7, 11) is 0. The second kappa shape index (κ2) is 4.47. The van der Waals surface area contributed by atoms with E-state index in [0.717, 1.165) is 23.6 Å². The summed E-state index contributed by atoms with van der Waals surface area (Å²) in [6.45, 7) is 4.47. The van der Waals surface area contributed by atoms with Gasteiger partial charge in [-0.15, -0.1) is 0 Å². The highest BCUT2D eigenvalue weighted by molar-refractivity contribution is 7.80. The Balaban J connectivity index is 1.75. The van der Waals surface area contributed by atoms with Gasteiger partial charge < -0.3 is 10.2 Å². The number of hydrogen-bond donors (Lipinski definition) is 1. The number of unbranched alkanes of at least 4 members (excludes halogenated alkanes) is 1. The van der Waals surface area contributed by atoms with Crippen LogP contribution in [0.15, 0.2) is 0 Å². The van der Waals surface area contributed by atoms with Gasteiger partial charge in [0.15, 0.2) is 5.11 Å². The zero-order valence-corrected chi connectivity index (χ0v) is 9.78. The van der Waals surface area contributed by atoms with E-state index < -0.39 is 0 Å². The van der Waals surface area contributed by atoms with Crippen LogP contribution in [0, 0.1) is 5.92 Å². The lowest BCUT2D eigenvalue weighted by atomic mass is 10.1. The van der Waals surface area contributed by atoms with Gasteiger partial charge in [-0.3, -0.25) is 0 Å². The molecule has 1 heterocycles. The number of piperidine rings is 1. The van der Waals surface area contributed by atoms with E-state index in [2.05, 4.69) is 17.1 Å². The van der Waals surface area contributed by atoms with Gasteiger partial charge in [-0.05, 0) is 43.8 Å². The van der Waals surface area contributed by atoms with Gasteiger partial charge in [0.05, 0.1) is 0 Å². The molecule has 0 radical (unpaired) electrons. The zero-order chi connectivity index (χ0) is 9.97. The number of nitrogens with one attached hydrogen (secondary N) is 1. The second-order valence-corrected chi connectivity index (χ2v) is 4.96. The normalized spacial score (nSPS) is 29.6. The van der Waals surface area contributed by atoms with E-state index in [-0.39, 0.29) is 0 Å². The van der Waals surface area contributed by atoms with Crippen LogP contribution in [0.4, 0.5) is 0 Å². The fourth-order valence-electron chi connectivity index (χ4n) is 2.65. The molecule has 0 spiro atoms. The fraction of sp³-hybridized carbons (Fsp3) is 0.909. The summed E-state index contributed by atoms with van der Waals surface area (Å²) >= 11 is 5.41. The average molecular weight is 212 g/mol. The Morgan fingerprint density at radius 1 is 1.50 bits per heavy atom. The van der Waals surface area contributed by atoms with E-state index in [9.17, 15) is 0 Å². The van der Waals surface area contributed by atoms with Crippen LogP contribution in [-0.4, -0.2) is 29.1 Å². The molecule has 3 heteroatoms. The summed E-state index contributed by atoms with van der Waals surface area (Å²) in [6, 6.07) is 0.765. The first-order chi connectivity index (χ1) is 6.81. The summed E-state index contributed by atoms with van der Waals surface area (Å²) in [4.78, 5) is 2.42. The van der Waals surface area contributed by atoms with E-state index in [1.54, 1.807) is 0 Å². The molecule has 2 aliphatic rings. The molecule has 80 valence electrons. The van der Waals surface area contributed by atoms with Crippen molar-refractivity contribution in [3.63, 3.8) is 0 Å². The van der Waals surface area contributed by atoms with Crippen LogP contribution in [0.1, 0.15) is 39.0 Å². The van der Waals surface area contributed by atoms with Gasteiger partial charge in [0.25, 0.3) is 0 Å². The third-order valence-corrected chi connectivity index (χ3v) is 3.86. The fourth-order valence-corrected chi connectivity index (χ4v) is 2.97. The molecule has 1 N–H and O–H groups in total. The van der Waals surface area contributed by atoms with Crippen molar-refractivity contribution in [2.45, 2.75) is 45.1 Å².